The molecule has 270 valence electrons. The maximum Gasteiger partial charge on any atom is 0.262 e. The third-order valence-corrected chi connectivity index (χ3v) is 10.3. The van der Waals surface area contributed by atoms with E-state index in [1.165, 1.54) is 4.31 Å². The molecule has 0 aliphatic carbocycles. The molecule has 1 aliphatic heterocycles. The monoisotopic (exact) mass is 719 g/mol. The highest BCUT2D eigenvalue weighted by molar-refractivity contribution is 7.92. The minimum absolute atomic E-state index is 0.166. The lowest BCUT2D eigenvalue weighted by molar-refractivity contribution is -0.153. The van der Waals surface area contributed by atoms with Crippen molar-refractivity contribution in [2.75, 3.05) is 30.2 Å². The zero-order valence-corrected chi connectivity index (χ0v) is 30.7. The molecular weight excluding hydrogens is 675 g/mol. The molecule has 2 unspecified atom stereocenters. The van der Waals surface area contributed by atoms with Crippen molar-refractivity contribution in [2.45, 2.75) is 44.6 Å². The molecule has 6 rings (SSSR count). The number of hydroxylamine groups is 1. The smallest absolute Gasteiger partial charge is 0.262 e. The van der Waals surface area contributed by atoms with Crippen LogP contribution >= 0.6 is 0 Å². The zero-order valence-electron chi connectivity index (χ0n) is 29.9. The van der Waals surface area contributed by atoms with Crippen LogP contribution in [0.4, 0.5) is 5.69 Å². The third-order valence-electron chi connectivity index (χ3n) is 9.16. The Kier molecular flexibility index (Phi) is 11.4. The summed E-state index contributed by atoms with van der Waals surface area (Å²) >= 11 is 0. The van der Waals surface area contributed by atoms with Gasteiger partial charge in [0.15, 0.2) is 5.60 Å². The second kappa shape index (κ2) is 16.1. The highest BCUT2D eigenvalue weighted by Gasteiger charge is 2.41. The first kappa shape index (κ1) is 36.8. The minimum atomic E-state index is -3.85. The number of hydrogen-bond acceptors (Lipinski definition) is 7. The number of nitrogens with zero attached hydrogens (tertiary/aromatic N) is 2. The van der Waals surface area contributed by atoms with Crippen molar-refractivity contribution in [3.63, 3.8) is 0 Å². The molecule has 1 fully saturated rings. The van der Waals surface area contributed by atoms with Crippen molar-refractivity contribution in [1.82, 2.24) is 10.4 Å². The summed E-state index contributed by atoms with van der Waals surface area (Å²) in [6, 6.07) is 42.7. The van der Waals surface area contributed by atoms with Crippen LogP contribution in [-0.4, -0.2) is 63.4 Å². The molecular formula is C42H45N3O6S. The Morgan fingerprint density at radius 1 is 0.769 bits per heavy atom. The summed E-state index contributed by atoms with van der Waals surface area (Å²) in [4.78, 5) is 23.3. The molecule has 0 aromatic heterocycles. The van der Waals surface area contributed by atoms with Crippen molar-refractivity contribution < 1.29 is 27.5 Å². The van der Waals surface area contributed by atoms with Crippen molar-refractivity contribution in [1.29, 1.82) is 0 Å². The summed E-state index contributed by atoms with van der Waals surface area (Å²) in [5.41, 5.74) is 5.55. The van der Waals surface area contributed by atoms with Crippen LogP contribution in [0.25, 0.3) is 0 Å². The van der Waals surface area contributed by atoms with Crippen LogP contribution in [0.1, 0.15) is 36.1 Å². The van der Waals surface area contributed by atoms with Gasteiger partial charge >= 0.3 is 0 Å². The van der Waals surface area contributed by atoms with Crippen molar-refractivity contribution >= 4 is 21.6 Å². The minimum Gasteiger partial charge on any atom is -0.457 e. The molecule has 0 radical (unpaired) electrons. The highest BCUT2D eigenvalue weighted by atomic mass is 32.2. The van der Waals surface area contributed by atoms with E-state index >= 15 is 0 Å². The summed E-state index contributed by atoms with van der Waals surface area (Å²) in [5.74, 6) is 0.739. The molecule has 1 heterocycles. The van der Waals surface area contributed by atoms with Gasteiger partial charge in [-0.3, -0.25) is 18.8 Å². The van der Waals surface area contributed by atoms with E-state index in [1.807, 2.05) is 141 Å². The van der Waals surface area contributed by atoms with Crippen LogP contribution in [0.3, 0.4) is 0 Å². The second-order valence-electron chi connectivity index (χ2n) is 13.3. The lowest BCUT2D eigenvalue weighted by Crippen LogP contribution is -2.59. The standard InChI is InChI=1S/C42H45N3O6S/c1-31-20-24-38(25-21-31)50-39-26-22-37(23-27-39)45(52(4,47)48)30-40(44-28-32(2)49-33(3)29-44)41(46)43-51-42(34-14-8-5-9-15-34,35-16-10-6-11-17-35)36-18-12-7-13-19-36/h5-27,32-33,40H,28-30H2,1-4H3,(H,43,46)/t32?,33?,40-/m0/s1. The first-order valence-electron chi connectivity index (χ1n) is 17.4. The number of rotatable bonds is 13. The van der Waals surface area contributed by atoms with Crippen LogP contribution in [-0.2, 0) is 30.0 Å². The predicted octanol–water partition coefficient (Wildman–Crippen LogP) is 7.07. The molecule has 3 atom stereocenters. The Morgan fingerprint density at radius 3 is 1.65 bits per heavy atom. The lowest BCUT2D eigenvalue weighted by Gasteiger charge is -2.41. The highest BCUT2D eigenvalue weighted by Crippen LogP contribution is 2.40. The molecule has 52 heavy (non-hydrogen) atoms. The van der Waals surface area contributed by atoms with Gasteiger partial charge in [-0.1, -0.05) is 109 Å². The van der Waals surface area contributed by atoms with Crippen LogP contribution in [0.15, 0.2) is 140 Å². The first-order valence-corrected chi connectivity index (χ1v) is 19.2. The average molecular weight is 720 g/mol. The second-order valence-corrected chi connectivity index (χ2v) is 15.2. The lowest BCUT2D eigenvalue weighted by atomic mass is 9.80. The number of benzene rings is 5. The van der Waals surface area contributed by atoms with Crippen molar-refractivity contribution in [3.05, 3.63) is 162 Å². The van der Waals surface area contributed by atoms with Gasteiger partial charge in [0.2, 0.25) is 10.0 Å². The van der Waals surface area contributed by atoms with E-state index in [4.69, 9.17) is 14.3 Å². The molecule has 1 N–H and O–H groups in total. The molecule has 10 heteroatoms. The third kappa shape index (κ3) is 8.54. The Labute approximate surface area is 306 Å². The van der Waals surface area contributed by atoms with Crippen LogP contribution in [0, 0.1) is 6.92 Å². The molecule has 9 nitrogen and oxygen atoms in total. The summed E-state index contributed by atoms with van der Waals surface area (Å²) in [6.07, 6.45) is 0.786. The first-order chi connectivity index (χ1) is 25.0. The topological polar surface area (TPSA) is 97.4 Å². The Hall–Kier alpha value is -5.00. The summed E-state index contributed by atoms with van der Waals surface area (Å²) in [6.45, 7) is 6.57. The number of sulfonamides is 1. The Morgan fingerprint density at radius 2 is 1.21 bits per heavy atom. The number of hydrogen-bond donors (Lipinski definition) is 1. The van der Waals surface area contributed by atoms with Gasteiger partial charge in [0.05, 0.1) is 30.7 Å². The number of carbonyl (C=O) groups is 1. The average Bonchev–Trinajstić information content (AvgIpc) is 3.14. The molecule has 1 aliphatic rings. The van der Waals surface area contributed by atoms with Gasteiger partial charge in [0, 0.05) is 13.1 Å². The number of aryl methyl sites for hydroxylation is 1. The van der Waals surface area contributed by atoms with E-state index in [0.29, 0.717) is 30.3 Å². The number of nitrogens with one attached hydrogen (secondary N) is 1. The summed E-state index contributed by atoms with van der Waals surface area (Å²) in [5, 5.41) is 0. The van der Waals surface area contributed by atoms with Crippen LogP contribution < -0.4 is 14.5 Å². The van der Waals surface area contributed by atoms with E-state index in [1.54, 1.807) is 24.3 Å². The predicted molar refractivity (Wildman–Crippen MR) is 204 cm³/mol. The maximum absolute atomic E-state index is 14.6. The fourth-order valence-corrected chi connectivity index (χ4v) is 7.66. The number of amides is 1. The summed E-state index contributed by atoms with van der Waals surface area (Å²) in [7, 11) is -3.85. The fraction of sp³-hybridized carbons (Fsp3) is 0.262. The van der Waals surface area contributed by atoms with Gasteiger partial charge in [0.25, 0.3) is 5.91 Å². The van der Waals surface area contributed by atoms with E-state index in [-0.39, 0.29) is 18.8 Å². The van der Waals surface area contributed by atoms with Gasteiger partial charge in [-0.25, -0.2) is 13.9 Å². The van der Waals surface area contributed by atoms with E-state index in [2.05, 4.69) is 5.48 Å². The number of ether oxygens (including phenoxy) is 2. The van der Waals surface area contributed by atoms with Gasteiger partial charge in [-0.05, 0) is 73.9 Å². The SMILES string of the molecule is Cc1ccc(Oc2ccc(N(C[C@@H](C(=O)NOC(c3ccccc3)(c3ccccc3)c3ccccc3)N3CC(C)OC(C)C3)S(C)(=O)=O)cc2)cc1. The zero-order chi connectivity index (χ0) is 36.7. The quantitative estimate of drug-likeness (QED) is 0.103. The molecule has 0 bridgehead atoms. The largest absolute Gasteiger partial charge is 0.457 e. The van der Waals surface area contributed by atoms with Gasteiger partial charge < -0.3 is 9.47 Å². The molecule has 5 aromatic carbocycles. The van der Waals surface area contributed by atoms with Gasteiger partial charge in [0.1, 0.15) is 17.5 Å². The molecule has 1 saturated heterocycles. The maximum atomic E-state index is 14.6. The number of anilines is 1. The summed E-state index contributed by atoms with van der Waals surface area (Å²) < 4.78 is 40.2. The normalized spacial score (nSPS) is 17.2. The molecule has 1 amide bonds. The van der Waals surface area contributed by atoms with E-state index in [9.17, 15) is 13.2 Å². The van der Waals surface area contributed by atoms with Gasteiger partial charge in [-0.2, -0.15) is 0 Å². The molecule has 5 aromatic rings. The number of carbonyl (C=O) groups excluding carboxylic acids is 1. The van der Waals surface area contributed by atoms with E-state index < -0.39 is 27.6 Å². The van der Waals surface area contributed by atoms with Crippen molar-refractivity contribution in [3.8, 4) is 11.5 Å². The van der Waals surface area contributed by atoms with Gasteiger partial charge in [-0.15, -0.1) is 0 Å². The fourth-order valence-electron chi connectivity index (χ4n) is 6.74. The van der Waals surface area contributed by atoms with Crippen molar-refractivity contribution in [2.24, 2.45) is 0 Å². The molecule has 0 spiro atoms. The van der Waals surface area contributed by atoms with E-state index in [0.717, 1.165) is 28.5 Å². The van der Waals surface area contributed by atoms with Crippen LogP contribution in [0.5, 0.6) is 11.5 Å². The molecule has 0 saturated carbocycles. The van der Waals surface area contributed by atoms with Crippen LogP contribution in [0.2, 0.25) is 0 Å². The number of morpholine rings is 1. The Balaban J connectivity index is 1.34. The Bertz CT molecular complexity index is 1910.